The topological polar surface area (TPSA) is 137 Å². The first-order valence-electron chi connectivity index (χ1n) is 9.87. The van der Waals surface area contributed by atoms with Crippen molar-refractivity contribution in [1.82, 2.24) is 10.1 Å². The minimum Gasteiger partial charge on any atom is -0.452 e. The summed E-state index contributed by atoms with van der Waals surface area (Å²) in [5, 5.41) is 17.5. The number of carbonyl (C=O) groups is 2. The molecule has 10 heteroatoms. The summed E-state index contributed by atoms with van der Waals surface area (Å²) in [7, 11) is 0. The highest BCUT2D eigenvalue weighted by Crippen LogP contribution is 2.27. The molecule has 0 saturated heterocycles. The third-order valence-corrected chi connectivity index (χ3v) is 4.88. The van der Waals surface area contributed by atoms with Crippen molar-refractivity contribution in [2.24, 2.45) is 0 Å². The van der Waals surface area contributed by atoms with Gasteiger partial charge in [0.05, 0.1) is 27.3 Å². The molecule has 0 aliphatic heterocycles. The number of hydrogen-bond acceptors (Lipinski definition) is 8. The Morgan fingerprint density at radius 3 is 2.45 bits per heavy atom. The first kappa shape index (κ1) is 21.6. The largest absolute Gasteiger partial charge is 0.452 e. The average Bonchev–Trinajstić information content (AvgIpc) is 3.18. The predicted octanol–water partition coefficient (Wildman–Crippen LogP) is 4.21. The van der Waals surface area contributed by atoms with Gasteiger partial charge in [-0.25, -0.2) is 9.78 Å². The zero-order valence-corrected chi connectivity index (χ0v) is 17.7. The number of amides is 1. The minimum absolute atomic E-state index is 0.102. The molecule has 0 aliphatic rings. The quantitative estimate of drug-likeness (QED) is 0.264. The lowest BCUT2D eigenvalue weighted by atomic mass is 10.0. The number of benzene rings is 2. The van der Waals surface area contributed by atoms with Gasteiger partial charge in [0.15, 0.2) is 6.61 Å². The van der Waals surface area contributed by atoms with Crippen LogP contribution in [0.2, 0.25) is 0 Å². The Bertz CT molecular complexity index is 1360. The number of nitro benzene ring substituents is 1. The number of anilines is 1. The molecule has 4 rings (SSSR count). The van der Waals surface area contributed by atoms with Crippen molar-refractivity contribution in [3.63, 3.8) is 0 Å². The van der Waals surface area contributed by atoms with Crippen molar-refractivity contribution >= 4 is 34.4 Å². The normalized spacial score (nSPS) is 10.7. The number of carbonyl (C=O) groups excluding carboxylic acids is 2. The lowest BCUT2D eigenvalue weighted by Gasteiger charge is -2.09. The molecule has 0 saturated carbocycles. The number of nitro groups is 1. The van der Waals surface area contributed by atoms with E-state index in [4.69, 9.17) is 9.26 Å². The fraction of sp³-hybridized carbons (Fsp3) is 0.130. The molecule has 0 spiro atoms. The molecule has 4 aromatic rings. The maximum atomic E-state index is 12.8. The number of aryl methyl sites for hydroxylation is 2. The maximum Gasteiger partial charge on any atom is 0.339 e. The van der Waals surface area contributed by atoms with Gasteiger partial charge in [0.1, 0.15) is 0 Å². The van der Waals surface area contributed by atoms with Gasteiger partial charge in [-0.1, -0.05) is 35.0 Å². The van der Waals surface area contributed by atoms with E-state index in [0.717, 1.165) is 11.1 Å². The number of nitrogens with one attached hydrogen (secondary N) is 1. The summed E-state index contributed by atoms with van der Waals surface area (Å²) in [5.74, 6) is -1.33. The molecule has 33 heavy (non-hydrogen) atoms. The van der Waals surface area contributed by atoms with E-state index in [1.54, 1.807) is 13.0 Å². The second-order valence-corrected chi connectivity index (χ2v) is 7.30. The Balaban J connectivity index is 1.52. The van der Waals surface area contributed by atoms with E-state index in [1.165, 1.54) is 24.3 Å². The fourth-order valence-electron chi connectivity index (χ4n) is 3.20. The number of nitrogens with zero attached hydrogens (tertiary/aromatic N) is 3. The van der Waals surface area contributed by atoms with Crippen molar-refractivity contribution in [2.45, 2.75) is 13.8 Å². The summed E-state index contributed by atoms with van der Waals surface area (Å²) >= 11 is 0. The van der Waals surface area contributed by atoms with Crippen molar-refractivity contribution in [1.29, 1.82) is 0 Å². The summed E-state index contributed by atoms with van der Waals surface area (Å²) in [6, 6.07) is 14.5. The van der Waals surface area contributed by atoms with Crippen LogP contribution in [-0.2, 0) is 9.53 Å². The third kappa shape index (κ3) is 4.69. The van der Waals surface area contributed by atoms with Gasteiger partial charge in [-0.05, 0) is 32.0 Å². The highest BCUT2D eigenvalue weighted by Gasteiger charge is 2.21. The molecular formula is C23H18N4O6. The first-order chi connectivity index (χ1) is 15.8. The van der Waals surface area contributed by atoms with Crippen molar-refractivity contribution in [3.8, 4) is 11.3 Å². The Labute approximate surface area is 187 Å². The van der Waals surface area contributed by atoms with Crippen LogP contribution < -0.4 is 5.32 Å². The Morgan fingerprint density at radius 1 is 1.09 bits per heavy atom. The van der Waals surface area contributed by atoms with Gasteiger partial charge < -0.3 is 14.6 Å². The van der Waals surface area contributed by atoms with Crippen LogP contribution in [-0.4, -0.2) is 33.5 Å². The zero-order chi connectivity index (χ0) is 23.5. The first-order valence-corrected chi connectivity index (χ1v) is 9.87. The molecule has 10 nitrogen and oxygen atoms in total. The van der Waals surface area contributed by atoms with Crippen LogP contribution in [0.25, 0.3) is 22.4 Å². The van der Waals surface area contributed by atoms with Crippen LogP contribution in [0.4, 0.5) is 11.4 Å². The number of ether oxygens (including phenoxy) is 1. The highest BCUT2D eigenvalue weighted by atomic mass is 16.6. The molecule has 166 valence electrons. The SMILES string of the molecule is Cc1ccc(-c2cc(C(=O)OCC(=O)Nc3ccc([N+](=O)[O-])cc3)c3c(C)noc3n2)cc1. The molecular weight excluding hydrogens is 428 g/mol. The van der Waals surface area contributed by atoms with Crippen molar-refractivity contribution in [2.75, 3.05) is 11.9 Å². The van der Waals surface area contributed by atoms with Gasteiger partial charge in [-0.15, -0.1) is 0 Å². The number of esters is 1. The number of hydrogen-bond donors (Lipinski definition) is 1. The van der Waals surface area contributed by atoms with E-state index < -0.39 is 23.4 Å². The van der Waals surface area contributed by atoms with Crippen LogP contribution >= 0.6 is 0 Å². The molecule has 0 radical (unpaired) electrons. The lowest BCUT2D eigenvalue weighted by molar-refractivity contribution is -0.384. The zero-order valence-electron chi connectivity index (χ0n) is 17.7. The molecule has 0 unspecified atom stereocenters. The van der Waals surface area contributed by atoms with Crippen molar-refractivity contribution < 1.29 is 23.8 Å². The summed E-state index contributed by atoms with van der Waals surface area (Å²) in [4.78, 5) is 39.7. The number of fused-ring (bicyclic) bond motifs is 1. The summed E-state index contributed by atoms with van der Waals surface area (Å²) in [6.45, 7) is 3.09. The van der Waals surface area contributed by atoms with Crippen molar-refractivity contribution in [3.05, 3.63) is 81.5 Å². The number of pyridine rings is 1. The molecule has 2 aromatic heterocycles. The molecule has 0 aliphatic carbocycles. The van der Waals surface area contributed by atoms with Gasteiger partial charge in [-0.3, -0.25) is 14.9 Å². The summed E-state index contributed by atoms with van der Waals surface area (Å²) in [6.07, 6.45) is 0. The standard InChI is InChI=1S/C23H18N4O6/c1-13-3-5-15(6-4-13)19-11-18(21-14(2)26-33-22(21)25-19)23(29)32-12-20(28)24-16-7-9-17(10-8-16)27(30)31/h3-11H,12H2,1-2H3,(H,24,28). The van der Waals surface area contributed by atoms with Crippen LogP contribution in [0.5, 0.6) is 0 Å². The second kappa shape index (κ2) is 8.87. The van der Waals surface area contributed by atoms with Crippen LogP contribution in [0.15, 0.2) is 59.1 Å². The van der Waals surface area contributed by atoms with Gasteiger partial charge in [-0.2, -0.15) is 0 Å². The van der Waals surface area contributed by atoms with E-state index in [0.29, 0.717) is 22.5 Å². The molecule has 0 bridgehead atoms. The maximum absolute atomic E-state index is 12.8. The average molecular weight is 446 g/mol. The molecule has 0 fully saturated rings. The van der Waals surface area contributed by atoms with Crippen LogP contribution in [0.1, 0.15) is 21.6 Å². The van der Waals surface area contributed by atoms with Gasteiger partial charge in [0, 0.05) is 23.4 Å². The Morgan fingerprint density at radius 2 is 1.79 bits per heavy atom. The van der Waals surface area contributed by atoms with E-state index in [1.807, 2.05) is 31.2 Å². The van der Waals surface area contributed by atoms with Gasteiger partial charge in [0.25, 0.3) is 17.3 Å². The van der Waals surface area contributed by atoms with Crippen LogP contribution in [0.3, 0.4) is 0 Å². The molecule has 0 atom stereocenters. The monoisotopic (exact) mass is 446 g/mol. The molecule has 1 amide bonds. The highest BCUT2D eigenvalue weighted by molar-refractivity contribution is 6.05. The Hall–Kier alpha value is -4.60. The van der Waals surface area contributed by atoms with Gasteiger partial charge >= 0.3 is 5.97 Å². The second-order valence-electron chi connectivity index (χ2n) is 7.30. The number of non-ortho nitro benzene ring substituents is 1. The Kier molecular flexibility index (Phi) is 5.81. The molecule has 2 aromatic carbocycles. The number of rotatable bonds is 6. The minimum atomic E-state index is -0.735. The summed E-state index contributed by atoms with van der Waals surface area (Å²) < 4.78 is 10.5. The molecule has 1 N–H and O–H groups in total. The van der Waals surface area contributed by atoms with E-state index >= 15 is 0 Å². The molecule has 2 heterocycles. The van der Waals surface area contributed by atoms with Crippen LogP contribution in [0, 0.1) is 24.0 Å². The smallest absolute Gasteiger partial charge is 0.339 e. The van der Waals surface area contributed by atoms with E-state index in [9.17, 15) is 19.7 Å². The van der Waals surface area contributed by atoms with Gasteiger partial charge in [0.2, 0.25) is 0 Å². The number of aromatic nitrogens is 2. The van der Waals surface area contributed by atoms with E-state index in [2.05, 4.69) is 15.5 Å². The predicted molar refractivity (Wildman–Crippen MR) is 119 cm³/mol. The van der Waals surface area contributed by atoms with E-state index in [-0.39, 0.29) is 17.0 Å². The lowest BCUT2D eigenvalue weighted by Crippen LogP contribution is -2.21. The summed E-state index contributed by atoms with van der Waals surface area (Å²) in [5.41, 5.74) is 3.43. The third-order valence-electron chi connectivity index (χ3n) is 4.88. The fourth-order valence-corrected chi connectivity index (χ4v) is 3.20.